The SMILES string of the molecule is CC1CN(Cc2cccc3cnccc23)CCN1. The second-order valence-corrected chi connectivity index (χ2v) is 5.10. The lowest BCUT2D eigenvalue weighted by Crippen LogP contribution is -2.48. The van der Waals surface area contributed by atoms with Gasteiger partial charge in [0.2, 0.25) is 0 Å². The van der Waals surface area contributed by atoms with Gasteiger partial charge in [0.1, 0.15) is 0 Å². The molecular weight excluding hydrogens is 222 g/mol. The van der Waals surface area contributed by atoms with Gasteiger partial charge in [-0.2, -0.15) is 0 Å². The topological polar surface area (TPSA) is 28.2 Å². The lowest BCUT2D eigenvalue weighted by molar-refractivity contribution is 0.200. The molecule has 94 valence electrons. The summed E-state index contributed by atoms with van der Waals surface area (Å²) in [5.74, 6) is 0. The van der Waals surface area contributed by atoms with Crippen LogP contribution in [0, 0.1) is 0 Å². The smallest absolute Gasteiger partial charge is 0.0346 e. The van der Waals surface area contributed by atoms with Gasteiger partial charge in [-0.05, 0) is 23.9 Å². The van der Waals surface area contributed by atoms with Crippen LogP contribution in [0.1, 0.15) is 12.5 Å². The molecule has 0 saturated carbocycles. The summed E-state index contributed by atoms with van der Waals surface area (Å²) in [6.45, 7) is 6.63. The molecule has 3 heteroatoms. The quantitative estimate of drug-likeness (QED) is 0.872. The van der Waals surface area contributed by atoms with Gasteiger partial charge in [-0.25, -0.2) is 0 Å². The monoisotopic (exact) mass is 241 g/mol. The van der Waals surface area contributed by atoms with Crippen LogP contribution in [0.4, 0.5) is 0 Å². The number of aromatic nitrogens is 1. The maximum Gasteiger partial charge on any atom is 0.0346 e. The molecule has 1 saturated heterocycles. The second-order valence-electron chi connectivity index (χ2n) is 5.10. The number of fused-ring (bicyclic) bond motifs is 1. The molecule has 18 heavy (non-hydrogen) atoms. The van der Waals surface area contributed by atoms with Gasteiger partial charge >= 0.3 is 0 Å². The van der Waals surface area contributed by atoms with Crippen molar-refractivity contribution < 1.29 is 0 Å². The molecule has 2 aromatic rings. The maximum absolute atomic E-state index is 4.19. The molecule has 0 aliphatic carbocycles. The summed E-state index contributed by atoms with van der Waals surface area (Å²) in [5, 5.41) is 6.05. The summed E-state index contributed by atoms with van der Waals surface area (Å²) in [7, 11) is 0. The molecule has 1 fully saturated rings. The minimum atomic E-state index is 0.593. The molecule has 0 amide bonds. The molecular formula is C15H19N3. The summed E-state index contributed by atoms with van der Waals surface area (Å²) in [6, 6.07) is 9.21. The lowest BCUT2D eigenvalue weighted by Gasteiger charge is -2.32. The zero-order valence-corrected chi connectivity index (χ0v) is 10.8. The molecule has 1 unspecified atom stereocenters. The van der Waals surface area contributed by atoms with Crippen molar-refractivity contribution >= 4 is 10.8 Å². The van der Waals surface area contributed by atoms with Crippen LogP contribution in [-0.2, 0) is 6.54 Å². The van der Waals surface area contributed by atoms with Gasteiger partial charge in [-0.15, -0.1) is 0 Å². The van der Waals surface area contributed by atoms with E-state index in [0.29, 0.717) is 6.04 Å². The van der Waals surface area contributed by atoms with Gasteiger partial charge in [0, 0.05) is 50.0 Å². The number of nitrogens with zero attached hydrogens (tertiary/aromatic N) is 2. The number of rotatable bonds is 2. The van der Waals surface area contributed by atoms with Crippen molar-refractivity contribution in [2.24, 2.45) is 0 Å². The van der Waals surface area contributed by atoms with E-state index in [1.807, 2.05) is 12.4 Å². The largest absolute Gasteiger partial charge is 0.312 e. The van der Waals surface area contributed by atoms with E-state index in [0.717, 1.165) is 26.2 Å². The Labute approximate surface area is 108 Å². The van der Waals surface area contributed by atoms with E-state index in [1.54, 1.807) is 0 Å². The number of benzene rings is 1. The van der Waals surface area contributed by atoms with Crippen molar-refractivity contribution in [3.05, 3.63) is 42.2 Å². The third-order valence-corrected chi connectivity index (χ3v) is 3.62. The molecule has 1 aliphatic heterocycles. The van der Waals surface area contributed by atoms with E-state index in [2.05, 4.69) is 46.4 Å². The van der Waals surface area contributed by atoms with Crippen molar-refractivity contribution in [2.45, 2.75) is 19.5 Å². The fraction of sp³-hybridized carbons (Fsp3) is 0.400. The number of pyridine rings is 1. The highest BCUT2D eigenvalue weighted by atomic mass is 15.2. The van der Waals surface area contributed by atoms with Crippen LogP contribution in [-0.4, -0.2) is 35.6 Å². The Morgan fingerprint density at radius 1 is 1.39 bits per heavy atom. The number of piperazine rings is 1. The Bertz CT molecular complexity index is 533. The molecule has 1 aromatic carbocycles. The van der Waals surface area contributed by atoms with Crippen molar-refractivity contribution in [3.63, 3.8) is 0 Å². The zero-order valence-electron chi connectivity index (χ0n) is 10.8. The van der Waals surface area contributed by atoms with E-state index in [4.69, 9.17) is 0 Å². The van der Waals surface area contributed by atoms with Gasteiger partial charge in [-0.1, -0.05) is 18.2 Å². The summed E-state index contributed by atoms with van der Waals surface area (Å²) in [5.41, 5.74) is 1.41. The Morgan fingerprint density at radius 2 is 2.33 bits per heavy atom. The second kappa shape index (κ2) is 5.04. The van der Waals surface area contributed by atoms with Crippen molar-refractivity contribution in [3.8, 4) is 0 Å². The fourth-order valence-electron chi connectivity index (χ4n) is 2.72. The third-order valence-electron chi connectivity index (χ3n) is 3.62. The molecule has 0 spiro atoms. The number of hydrogen-bond donors (Lipinski definition) is 1. The summed E-state index contributed by atoms with van der Waals surface area (Å²) >= 11 is 0. The highest BCUT2D eigenvalue weighted by Gasteiger charge is 2.16. The Balaban J connectivity index is 1.86. The molecule has 0 bridgehead atoms. The Hall–Kier alpha value is -1.45. The molecule has 3 rings (SSSR count). The summed E-state index contributed by atoms with van der Waals surface area (Å²) in [6.07, 6.45) is 3.82. The van der Waals surface area contributed by atoms with E-state index in [-0.39, 0.29) is 0 Å². The average molecular weight is 241 g/mol. The fourth-order valence-corrected chi connectivity index (χ4v) is 2.72. The van der Waals surface area contributed by atoms with Gasteiger partial charge < -0.3 is 5.32 Å². The highest BCUT2D eigenvalue weighted by molar-refractivity contribution is 5.84. The van der Waals surface area contributed by atoms with Crippen LogP contribution in [0.25, 0.3) is 10.8 Å². The molecule has 1 aliphatic rings. The molecule has 1 aromatic heterocycles. The molecule has 0 radical (unpaired) electrons. The first-order chi connectivity index (χ1) is 8.83. The normalized spacial score (nSPS) is 21.3. The third kappa shape index (κ3) is 2.37. The van der Waals surface area contributed by atoms with Gasteiger partial charge in [0.15, 0.2) is 0 Å². The Morgan fingerprint density at radius 3 is 3.22 bits per heavy atom. The predicted molar refractivity (Wildman–Crippen MR) is 74.5 cm³/mol. The summed E-state index contributed by atoms with van der Waals surface area (Å²) < 4.78 is 0. The van der Waals surface area contributed by atoms with Crippen molar-refractivity contribution in [1.29, 1.82) is 0 Å². The van der Waals surface area contributed by atoms with Crippen LogP contribution in [0.15, 0.2) is 36.7 Å². The van der Waals surface area contributed by atoms with E-state index >= 15 is 0 Å². The van der Waals surface area contributed by atoms with Gasteiger partial charge in [0.05, 0.1) is 0 Å². The zero-order chi connectivity index (χ0) is 12.4. The minimum absolute atomic E-state index is 0.593. The van der Waals surface area contributed by atoms with Gasteiger partial charge in [0.25, 0.3) is 0 Å². The number of hydrogen-bond acceptors (Lipinski definition) is 3. The summed E-state index contributed by atoms with van der Waals surface area (Å²) in [4.78, 5) is 6.71. The highest BCUT2D eigenvalue weighted by Crippen LogP contribution is 2.19. The first-order valence-electron chi connectivity index (χ1n) is 6.60. The standard InChI is InChI=1S/C15H19N3/c1-12-10-18(8-7-17-12)11-14-4-2-3-13-9-16-6-5-15(13)14/h2-6,9,12,17H,7-8,10-11H2,1H3. The van der Waals surface area contributed by atoms with Crippen LogP contribution in [0.5, 0.6) is 0 Å². The van der Waals surface area contributed by atoms with Gasteiger partial charge in [-0.3, -0.25) is 9.88 Å². The van der Waals surface area contributed by atoms with Crippen LogP contribution < -0.4 is 5.32 Å². The van der Waals surface area contributed by atoms with Crippen molar-refractivity contribution in [1.82, 2.24) is 15.2 Å². The number of nitrogens with one attached hydrogen (secondary N) is 1. The van der Waals surface area contributed by atoms with Crippen LogP contribution >= 0.6 is 0 Å². The van der Waals surface area contributed by atoms with Crippen LogP contribution in [0.3, 0.4) is 0 Å². The van der Waals surface area contributed by atoms with E-state index in [9.17, 15) is 0 Å². The predicted octanol–water partition coefficient (Wildman–Crippen LogP) is 2.03. The molecule has 2 heterocycles. The molecule has 1 atom stereocenters. The maximum atomic E-state index is 4.19. The van der Waals surface area contributed by atoms with E-state index < -0.39 is 0 Å². The molecule has 1 N–H and O–H groups in total. The minimum Gasteiger partial charge on any atom is -0.312 e. The lowest BCUT2D eigenvalue weighted by atomic mass is 10.1. The van der Waals surface area contributed by atoms with Crippen molar-refractivity contribution in [2.75, 3.05) is 19.6 Å². The average Bonchev–Trinajstić information content (AvgIpc) is 2.39. The molecule has 3 nitrogen and oxygen atoms in total. The first-order valence-corrected chi connectivity index (χ1v) is 6.60. The van der Waals surface area contributed by atoms with Crippen LogP contribution in [0.2, 0.25) is 0 Å². The Kier molecular flexibility index (Phi) is 3.26. The first kappa shape index (κ1) is 11.6. The van der Waals surface area contributed by atoms with E-state index in [1.165, 1.54) is 16.3 Å².